The van der Waals surface area contributed by atoms with Gasteiger partial charge in [0.25, 0.3) is 0 Å². The Hall–Kier alpha value is -1.57. The van der Waals surface area contributed by atoms with Crippen LogP contribution in [0.15, 0.2) is 34.5 Å². The SMILES string of the molecule is CC(=O)c1ccc(S(=O)(=O)NCc2nc(C)cs2)cc1. The summed E-state index contributed by atoms with van der Waals surface area (Å²) in [5, 5.41) is 2.58. The number of ketones is 1. The molecule has 0 aliphatic carbocycles. The number of rotatable bonds is 5. The maximum absolute atomic E-state index is 12.1. The van der Waals surface area contributed by atoms with Crippen molar-refractivity contribution in [2.75, 3.05) is 0 Å². The Morgan fingerprint density at radius 3 is 2.45 bits per heavy atom. The van der Waals surface area contributed by atoms with Crippen LogP contribution in [-0.4, -0.2) is 19.2 Å². The van der Waals surface area contributed by atoms with Gasteiger partial charge in [-0.1, -0.05) is 12.1 Å². The van der Waals surface area contributed by atoms with Crippen molar-refractivity contribution in [3.8, 4) is 0 Å². The van der Waals surface area contributed by atoms with E-state index in [2.05, 4.69) is 9.71 Å². The van der Waals surface area contributed by atoms with Crippen LogP contribution in [0.25, 0.3) is 0 Å². The fourth-order valence-corrected chi connectivity index (χ4v) is 3.38. The molecule has 0 saturated carbocycles. The lowest BCUT2D eigenvalue weighted by atomic mass is 10.2. The average Bonchev–Trinajstić information content (AvgIpc) is 2.82. The summed E-state index contributed by atoms with van der Waals surface area (Å²) in [5.41, 5.74) is 1.36. The Bertz CT molecular complexity index is 718. The van der Waals surface area contributed by atoms with Crippen molar-refractivity contribution in [2.24, 2.45) is 0 Å². The lowest BCUT2D eigenvalue weighted by Crippen LogP contribution is -2.23. The zero-order chi connectivity index (χ0) is 14.8. The summed E-state index contributed by atoms with van der Waals surface area (Å²) in [4.78, 5) is 15.5. The van der Waals surface area contributed by atoms with E-state index >= 15 is 0 Å². The fraction of sp³-hybridized carbons (Fsp3) is 0.231. The van der Waals surface area contributed by atoms with Crippen LogP contribution in [0.2, 0.25) is 0 Å². The second-order valence-electron chi connectivity index (χ2n) is 4.29. The molecule has 1 aromatic heterocycles. The molecule has 106 valence electrons. The van der Waals surface area contributed by atoms with Crippen LogP contribution in [0.5, 0.6) is 0 Å². The number of aryl methyl sites for hydroxylation is 1. The van der Waals surface area contributed by atoms with Gasteiger partial charge in [-0.15, -0.1) is 11.3 Å². The number of benzene rings is 1. The van der Waals surface area contributed by atoms with E-state index in [1.165, 1.54) is 42.5 Å². The third-order valence-corrected chi connectivity index (χ3v) is 5.03. The van der Waals surface area contributed by atoms with Crippen molar-refractivity contribution in [1.82, 2.24) is 9.71 Å². The van der Waals surface area contributed by atoms with Crippen molar-refractivity contribution in [1.29, 1.82) is 0 Å². The minimum atomic E-state index is -3.59. The second kappa shape index (κ2) is 5.82. The van der Waals surface area contributed by atoms with Crippen LogP contribution in [0.3, 0.4) is 0 Å². The third kappa shape index (κ3) is 3.50. The number of hydrogen-bond acceptors (Lipinski definition) is 5. The molecule has 7 heteroatoms. The van der Waals surface area contributed by atoms with Crippen molar-refractivity contribution in [3.63, 3.8) is 0 Å². The van der Waals surface area contributed by atoms with Crippen molar-refractivity contribution in [3.05, 3.63) is 45.9 Å². The van der Waals surface area contributed by atoms with E-state index < -0.39 is 10.0 Å². The van der Waals surface area contributed by atoms with E-state index in [4.69, 9.17) is 0 Å². The van der Waals surface area contributed by atoms with Gasteiger partial charge in [-0.25, -0.2) is 18.1 Å². The van der Waals surface area contributed by atoms with Gasteiger partial charge >= 0.3 is 0 Å². The van der Waals surface area contributed by atoms with Gasteiger partial charge in [0.15, 0.2) is 5.78 Å². The second-order valence-corrected chi connectivity index (χ2v) is 7.00. The minimum absolute atomic E-state index is 0.0971. The molecule has 0 spiro atoms. The van der Waals surface area contributed by atoms with Crippen molar-refractivity contribution in [2.45, 2.75) is 25.3 Å². The maximum atomic E-state index is 12.1. The molecule has 0 unspecified atom stereocenters. The Labute approximate surface area is 121 Å². The van der Waals surface area contributed by atoms with Crippen LogP contribution < -0.4 is 4.72 Å². The number of carbonyl (C=O) groups is 1. The molecule has 0 fully saturated rings. The van der Waals surface area contributed by atoms with E-state index in [1.54, 1.807) is 0 Å². The summed E-state index contributed by atoms with van der Waals surface area (Å²) in [5.74, 6) is -0.0971. The largest absolute Gasteiger partial charge is 0.295 e. The summed E-state index contributed by atoms with van der Waals surface area (Å²) in [6.07, 6.45) is 0. The predicted molar refractivity (Wildman–Crippen MR) is 77.3 cm³/mol. The highest BCUT2D eigenvalue weighted by molar-refractivity contribution is 7.89. The molecule has 0 atom stereocenters. The molecule has 1 heterocycles. The number of carbonyl (C=O) groups excluding carboxylic acids is 1. The monoisotopic (exact) mass is 310 g/mol. The highest BCUT2D eigenvalue weighted by Crippen LogP contribution is 2.13. The molecule has 5 nitrogen and oxygen atoms in total. The van der Waals surface area contributed by atoms with E-state index in [0.29, 0.717) is 10.6 Å². The highest BCUT2D eigenvalue weighted by Gasteiger charge is 2.14. The molecule has 1 aromatic carbocycles. The van der Waals surface area contributed by atoms with Crippen molar-refractivity contribution >= 4 is 27.1 Å². The van der Waals surface area contributed by atoms with E-state index in [9.17, 15) is 13.2 Å². The highest BCUT2D eigenvalue weighted by atomic mass is 32.2. The van der Waals surface area contributed by atoms with Gasteiger partial charge in [0.05, 0.1) is 11.4 Å². The molecular formula is C13H14N2O3S2. The smallest absolute Gasteiger partial charge is 0.240 e. The predicted octanol–water partition coefficient (Wildman–Crippen LogP) is 2.13. The van der Waals surface area contributed by atoms with Crippen LogP contribution in [0, 0.1) is 6.92 Å². The Balaban J connectivity index is 2.11. The lowest BCUT2D eigenvalue weighted by Gasteiger charge is -2.05. The molecule has 2 rings (SSSR count). The first kappa shape index (κ1) is 14.8. The zero-order valence-electron chi connectivity index (χ0n) is 11.1. The van der Waals surface area contributed by atoms with E-state index in [1.807, 2.05) is 12.3 Å². The van der Waals surface area contributed by atoms with Crippen LogP contribution in [0.4, 0.5) is 0 Å². The van der Waals surface area contributed by atoms with Crippen LogP contribution >= 0.6 is 11.3 Å². The lowest BCUT2D eigenvalue weighted by molar-refractivity contribution is 0.101. The van der Waals surface area contributed by atoms with Gasteiger partial charge in [-0.2, -0.15) is 0 Å². The summed E-state index contributed by atoms with van der Waals surface area (Å²) in [6.45, 7) is 3.46. The number of sulfonamides is 1. The number of Topliss-reactive ketones (excluding diaryl/α,β-unsaturated/α-hetero) is 1. The molecule has 1 N–H and O–H groups in total. The number of aromatic nitrogens is 1. The molecule has 0 saturated heterocycles. The maximum Gasteiger partial charge on any atom is 0.240 e. The van der Waals surface area contributed by atoms with Crippen LogP contribution in [-0.2, 0) is 16.6 Å². The van der Waals surface area contributed by atoms with E-state index in [-0.39, 0.29) is 17.2 Å². The quantitative estimate of drug-likeness (QED) is 0.858. The molecule has 0 aliphatic rings. The first-order valence-corrected chi connectivity index (χ1v) is 8.26. The van der Waals surface area contributed by atoms with Gasteiger partial charge in [-0.3, -0.25) is 4.79 Å². The zero-order valence-corrected chi connectivity index (χ0v) is 12.7. The van der Waals surface area contributed by atoms with Gasteiger partial charge in [0.2, 0.25) is 10.0 Å². The van der Waals surface area contributed by atoms with Gasteiger partial charge in [0.1, 0.15) is 5.01 Å². The number of hydrogen-bond donors (Lipinski definition) is 1. The standard InChI is InChI=1S/C13H14N2O3S2/c1-9-8-19-13(15-9)7-14-20(17,18)12-5-3-11(4-6-12)10(2)16/h3-6,8,14H,7H2,1-2H3. The Morgan fingerprint density at radius 1 is 1.30 bits per heavy atom. The third-order valence-electron chi connectivity index (χ3n) is 2.65. The normalized spacial score (nSPS) is 11.5. The summed E-state index contributed by atoms with van der Waals surface area (Å²) in [6, 6.07) is 5.85. The molecule has 0 aliphatic heterocycles. The molecule has 0 amide bonds. The molecule has 0 bridgehead atoms. The van der Waals surface area contributed by atoms with Gasteiger partial charge < -0.3 is 0 Å². The first-order valence-electron chi connectivity index (χ1n) is 5.90. The van der Waals surface area contributed by atoms with E-state index in [0.717, 1.165) is 5.69 Å². The summed E-state index contributed by atoms with van der Waals surface area (Å²) in [7, 11) is -3.59. The first-order chi connectivity index (χ1) is 9.38. The van der Waals surface area contributed by atoms with Gasteiger partial charge in [0, 0.05) is 16.6 Å². The van der Waals surface area contributed by atoms with Gasteiger partial charge in [-0.05, 0) is 26.0 Å². The molecule has 0 radical (unpaired) electrons. The number of thiazole rings is 1. The molecule has 2 aromatic rings. The average molecular weight is 310 g/mol. The fourth-order valence-electron chi connectivity index (χ4n) is 1.59. The number of nitrogens with zero attached hydrogens (tertiary/aromatic N) is 1. The summed E-state index contributed by atoms with van der Waals surface area (Å²) < 4.78 is 26.6. The van der Waals surface area contributed by atoms with Crippen molar-refractivity contribution < 1.29 is 13.2 Å². The Kier molecular flexibility index (Phi) is 4.32. The summed E-state index contributed by atoms with van der Waals surface area (Å²) >= 11 is 1.41. The topological polar surface area (TPSA) is 76.1 Å². The molecular weight excluding hydrogens is 296 g/mol. The molecule has 20 heavy (non-hydrogen) atoms. The number of nitrogens with one attached hydrogen (secondary N) is 1. The Morgan fingerprint density at radius 2 is 1.95 bits per heavy atom. The van der Waals surface area contributed by atoms with Crippen LogP contribution in [0.1, 0.15) is 28.0 Å². The minimum Gasteiger partial charge on any atom is -0.295 e.